The molecule has 1 amide bonds. The Bertz CT molecular complexity index is 436. The summed E-state index contributed by atoms with van der Waals surface area (Å²) in [6.45, 7) is 5.70. The van der Waals surface area contributed by atoms with Gasteiger partial charge >= 0.3 is 0 Å². The molecule has 2 atom stereocenters. The van der Waals surface area contributed by atoms with E-state index in [0.29, 0.717) is 0 Å². The third kappa shape index (κ3) is 3.28. The van der Waals surface area contributed by atoms with Crippen LogP contribution in [0.3, 0.4) is 0 Å². The fraction of sp³-hybridized carbons (Fsp3) is 0.533. The molecule has 0 aromatic heterocycles. The number of halogens is 1. The second-order valence-corrected chi connectivity index (χ2v) is 5.12. The van der Waals surface area contributed by atoms with E-state index in [1.807, 2.05) is 18.9 Å². The molecule has 1 heterocycles. The highest BCUT2D eigenvalue weighted by Gasteiger charge is 2.29. The third-order valence-electron chi connectivity index (χ3n) is 3.81. The lowest BCUT2D eigenvalue weighted by Gasteiger charge is -2.36. The minimum atomic E-state index is 0. The Kier molecular flexibility index (Phi) is 5.83. The van der Waals surface area contributed by atoms with Gasteiger partial charge in [-0.1, -0.05) is 31.2 Å². The van der Waals surface area contributed by atoms with Gasteiger partial charge < -0.3 is 10.2 Å². The van der Waals surface area contributed by atoms with Crippen LogP contribution < -0.4 is 5.32 Å². The van der Waals surface area contributed by atoms with Crippen molar-refractivity contribution in [2.75, 3.05) is 20.1 Å². The van der Waals surface area contributed by atoms with Gasteiger partial charge in [-0.2, -0.15) is 0 Å². The molecule has 1 aromatic carbocycles. The second-order valence-electron chi connectivity index (χ2n) is 5.12. The van der Waals surface area contributed by atoms with Crippen molar-refractivity contribution < 1.29 is 4.79 Å². The van der Waals surface area contributed by atoms with Crippen LogP contribution in [0.25, 0.3) is 0 Å². The molecule has 1 aliphatic rings. The molecule has 0 radical (unpaired) electrons. The highest BCUT2D eigenvalue weighted by molar-refractivity contribution is 5.85. The standard InChI is InChI=1S/C15H22N2O.ClH/c1-11(10-16-3)15(18)17-9-8-13-6-4-5-7-14(13)12(17)2;/h4-7,11-12,16H,8-10H2,1-3H3;1H. The van der Waals surface area contributed by atoms with Crippen molar-refractivity contribution in [2.45, 2.75) is 26.3 Å². The van der Waals surface area contributed by atoms with Crippen LogP contribution in [-0.2, 0) is 11.2 Å². The van der Waals surface area contributed by atoms with Crippen LogP contribution in [0.2, 0.25) is 0 Å². The summed E-state index contributed by atoms with van der Waals surface area (Å²) in [5.74, 6) is 0.300. The molecule has 106 valence electrons. The van der Waals surface area contributed by atoms with Gasteiger partial charge in [-0.05, 0) is 31.5 Å². The van der Waals surface area contributed by atoms with E-state index in [2.05, 4.69) is 36.5 Å². The normalized spacial score (nSPS) is 19.3. The zero-order valence-electron chi connectivity index (χ0n) is 11.8. The molecule has 1 aromatic rings. The summed E-state index contributed by atoms with van der Waals surface area (Å²) >= 11 is 0. The molecule has 3 nitrogen and oxygen atoms in total. The van der Waals surface area contributed by atoms with Gasteiger partial charge in [-0.25, -0.2) is 0 Å². The Morgan fingerprint density at radius 1 is 1.47 bits per heavy atom. The van der Waals surface area contributed by atoms with Gasteiger partial charge in [0.2, 0.25) is 5.91 Å². The molecule has 2 rings (SSSR count). The van der Waals surface area contributed by atoms with Crippen molar-refractivity contribution in [1.82, 2.24) is 10.2 Å². The summed E-state index contributed by atoms with van der Waals surface area (Å²) in [4.78, 5) is 14.4. The van der Waals surface area contributed by atoms with Gasteiger partial charge in [0.05, 0.1) is 6.04 Å². The van der Waals surface area contributed by atoms with E-state index in [1.165, 1.54) is 11.1 Å². The van der Waals surface area contributed by atoms with E-state index in [-0.39, 0.29) is 30.3 Å². The summed E-state index contributed by atoms with van der Waals surface area (Å²) in [6, 6.07) is 8.64. The summed E-state index contributed by atoms with van der Waals surface area (Å²) in [5.41, 5.74) is 2.68. The highest BCUT2D eigenvalue weighted by Crippen LogP contribution is 2.29. The smallest absolute Gasteiger partial charge is 0.227 e. The van der Waals surface area contributed by atoms with Gasteiger partial charge in [0.25, 0.3) is 0 Å². The highest BCUT2D eigenvalue weighted by atomic mass is 35.5. The number of fused-ring (bicyclic) bond motifs is 1. The van der Waals surface area contributed by atoms with Gasteiger partial charge in [0.15, 0.2) is 0 Å². The first-order valence-electron chi connectivity index (χ1n) is 6.68. The maximum Gasteiger partial charge on any atom is 0.227 e. The summed E-state index contributed by atoms with van der Waals surface area (Å²) in [7, 11) is 1.89. The predicted octanol–water partition coefficient (Wildman–Crippen LogP) is 2.41. The van der Waals surface area contributed by atoms with Crippen molar-refractivity contribution in [2.24, 2.45) is 5.92 Å². The summed E-state index contributed by atoms with van der Waals surface area (Å²) in [5, 5.41) is 3.07. The molecule has 0 aliphatic carbocycles. The van der Waals surface area contributed by atoms with Gasteiger partial charge in [-0.15, -0.1) is 12.4 Å². The number of carbonyl (C=O) groups is 1. The maximum atomic E-state index is 12.4. The lowest BCUT2D eigenvalue weighted by Crippen LogP contribution is -2.43. The molecule has 1 N–H and O–H groups in total. The van der Waals surface area contributed by atoms with Gasteiger partial charge in [-0.3, -0.25) is 4.79 Å². The van der Waals surface area contributed by atoms with Crippen LogP contribution in [0.5, 0.6) is 0 Å². The monoisotopic (exact) mass is 282 g/mol. The average molecular weight is 283 g/mol. The number of carbonyl (C=O) groups excluding carboxylic acids is 1. The number of hydrogen-bond acceptors (Lipinski definition) is 2. The topological polar surface area (TPSA) is 32.3 Å². The van der Waals surface area contributed by atoms with Crippen LogP contribution in [0.1, 0.15) is 31.0 Å². The number of nitrogens with one attached hydrogen (secondary N) is 1. The molecule has 1 aliphatic heterocycles. The van der Waals surface area contributed by atoms with Crippen molar-refractivity contribution in [3.05, 3.63) is 35.4 Å². The van der Waals surface area contributed by atoms with Crippen molar-refractivity contribution >= 4 is 18.3 Å². The van der Waals surface area contributed by atoms with Crippen molar-refractivity contribution in [1.29, 1.82) is 0 Å². The number of hydrogen-bond donors (Lipinski definition) is 1. The van der Waals surface area contributed by atoms with Crippen LogP contribution in [0, 0.1) is 5.92 Å². The SMILES string of the molecule is CNCC(C)C(=O)N1CCc2ccccc2C1C.Cl. The van der Waals surface area contributed by atoms with Gasteiger partial charge in [0.1, 0.15) is 0 Å². The van der Waals surface area contributed by atoms with Crippen LogP contribution >= 0.6 is 12.4 Å². The molecule has 0 saturated heterocycles. The second kappa shape index (κ2) is 6.92. The lowest BCUT2D eigenvalue weighted by atomic mass is 9.92. The lowest BCUT2D eigenvalue weighted by molar-refractivity contribution is -0.137. The summed E-state index contributed by atoms with van der Waals surface area (Å²) in [6.07, 6.45) is 0.971. The molecule has 4 heteroatoms. The maximum absolute atomic E-state index is 12.4. The quantitative estimate of drug-likeness (QED) is 0.923. The first kappa shape index (κ1) is 16.0. The zero-order chi connectivity index (χ0) is 13.1. The van der Waals surface area contributed by atoms with Crippen LogP contribution in [0.15, 0.2) is 24.3 Å². The Labute approximate surface area is 121 Å². The molecule has 0 saturated carbocycles. The predicted molar refractivity (Wildman–Crippen MR) is 80.6 cm³/mol. The minimum absolute atomic E-state index is 0. The molecule has 19 heavy (non-hydrogen) atoms. The molecule has 0 bridgehead atoms. The number of amides is 1. The molecule has 0 spiro atoms. The number of rotatable bonds is 3. The number of nitrogens with zero attached hydrogens (tertiary/aromatic N) is 1. The average Bonchev–Trinajstić information content (AvgIpc) is 2.39. The van der Waals surface area contributed by atoms with Gasteiger partial charge in [0, 0.05) is 19.0 Å². The zero-order valence-corrected chi connectivity index (χ0v) is 12.7. The molecular weight excluding hydrogens is 260 g/mol. The molecular formula is C15H23ClN2O. The van der Waals surface area contributed by atoms with E-state index in [0.717, 1.165) is 19.5 Å². The van der Waals surface area contributed by atoms with Crippen molar-refractivity contribution in [3.63, 3.8) is 0 Å². The van der Waals surface area contributed by atoms with E-state index in [1.54, 1.807) is 0 Å². The largest absolute Gasteiger partial charge is 0.335 e. The molecule has 2 unspecified atom stereocenters. The third-order valence-corrected chi connectivity index (χ3v) is 3.81. The number of benzene rings is 1. The minimum Gasteiger partial charge on any atom is -0.335 e. The Hall–Kier alpha value is -1.06. The fourth-order valence-electron chi connectivity index (χ4n) is 2.75. The van der Waals surface area contributed by atoms with E-state index >= 15 is 0 Å². The Morgan fingerprint density at radius 3 is 2.84 bits per heavy atom. The van der Waals surface area contributed by atoms with E-state index < -0.39 is 0 Å². The first-order valence-corrected chi connectivity index (χ1v) is 6.68. The first-order chi connectivity index (χ1) is 8.65. The van der Waals surface area contributed by atoms with Crippen LogP contribution in [0.4, 0.5) is 0 Å². The van der Waals surface area contributed by atoms with E-state index in [4.69, 9.17) is 0 Å². The Balaban J connectivity index is 0.00000180. The summed E-state index contributed by atoms with van der Waals surface area (Å²) < 4.78 is 0. The van der Waals surface area contributed by atoms with E-state index in [9.17, 15) is 4.79 Å². The van der Waals surface area contributed by atoms with Crippen molar-refractivity contribution in [3.8, 4) is 0 Å². The van der Waals surface area contributed by atoms with Crippen LogP contribution in [-0.4, -0.2) is 30.9 Å². The Morgan fingerprint density at radius 2 is 2.16 bits per heavy atom. The fourth-order valence-corrected chi connectivity index (χ4v) is 2.75. The molecule has 0 fully saturated rings.